The van der Waals surface area contributed by atoms with Gasteiger partial charge in [0.2, 0.25) is 0 Å². The van der Waals surface area contributed by atoms with E-state index in [0.717, 1.165) is 118 Å². The lowest BCUT2D eigenvalue weighted by Gasteiger charge is -2.18. The van der Waals surface area contributed by atoms with Crippen LogP contribution in [0, 0.1) is 0 Å². The summed E-state index contributed by atoms with van der Waals surface area (Å²) in [6.45, 7) is 0. The van der Waals surface area contributed by atoms with Crippen molar-refractivity contribution in [3.63, 3.8) is 0 Å². The van der Waals surface area contributed by atoms with Crippen LogP contribution in [0.4, 0.5) is 0 Å². The van der Waals surface area contributed by atoms with Crippen LogP contribution in [0.2, 0.25) is 0 Å². The molecule has 0 saturated carbocycles. The van der Waals surface area contributed by atoms with E-state index in [4.69, 9.17) is 18.8 Å². The molecule has 0 unspecified atom stereocenters. The van der Waals surface area contributed by atoms with Crippen LogP contribution in [0.1, 0.15) is 18.4 Å². The number of rotatable bonds is 3. The van der Waals surface area contributed by atoms with Crippen molar-refractivity contribution in [2.24, 2.45) is 4.99 Å². The van der Waals surface area contributed by atoms with E-state index in [1.54, 1.807) is 0 Å². The third kappa shape index (κ3) is 4.37. The first-order valence-corrected chi connectivity index (χ1v) is 19.8. The van der Waals surface area contributed by atoms with Crippen LogP contribution >= 0.6 is 0 Å². The minimum atomic E-state index is 0.791. The van der Waals surface area contributed by atoms with Gasteiger partial charge in [0.25, 0.3) is 0 Å². The molecule has 6 heterocycles. The number of aliphatic imine (C=N–C) groups is 1. The third-order valence-electron chi connectivity index (χ3n) is 12.0. The number of fused-ring (bicyclic) bond motifs is 13. The van der Waals surface area contributed by atoms with Crippen molar-refractivity contribution >= 4 is 99.0 Å². The van der Waals surface area contributed by atoms with Crippen molar-refractivity contribution in [1.82, 2.24) is 14.1 Å². The molecule has 0 atom stereocenters. The summed E-state index contributed by atoms with van der Waals surface area (Å²) in [6, 6.07) is 57.4. The number of allylic oxidation sites excluding steroid dienone is 1. The molecule has 0 amide bonds. The van der Waals surface area contributed by atoms with E-state index >= 15 is 0 Å². The molecule has 0 N–H and O–H groups in total. The standard InChI is InChI=1S/C52H32N4O2/c1-5-23-43-31(13-1)35-29-30-36-32-14-2-6-24-44(32)56(48-28-12-22-42(54-48)40-20-10-18-38-34-16-4-8-26-46(34)58-52(38)40)50(36)49(35)55(43)47-27-11-21-41(53-47)39-19-9-17-37-33-15-3-7-25-45(33)57-51(37)39/h1-11,13-27,29-30H,12,28H2. The Morgan fingerprint density at radius 2 is 0.966 bits per heavy atom. The summed E-state index contributed by atoms with van der Waals surface area (Å²) in [4.78, 5) is 11.0. The summed E-state index contributed by atoms with van der Waals surface area (Å²) in [6.07, 6.45) is 3.90. The SMILES string of the molecule is C1=C(c2cccc3c2oc2ccccc23)N=C(n2c3ccccc3c3ccc4c5ccccc5n(-c5cccc(-c6cccc7c6oc6ccccc67)n5)c4c32)CC1. The van der Waals surface area contributed by atoms with Gasteiger partial charge in [0.15, 0.2) is 0 Å². The van der Waals surface area contributed by atoms with Crippen LogP contribution in [0.15, 0.2) is 184 Å². The van der Waals surface area contributed by atoms with Crippen LogP contribution in [0.25, 0.3) is 110 Å². The Morgan fingerprint density at radius 3 is 1.66 bits per heavy atom. The van der Waals surface area contributed by atoms with E-state index in [9.17, 15) is 0 Å². The fourth-order valence-electron chi connectivity index (χ4n) is 9.51. The maximum atomic E-state index is 6.51. The van der Waals surface area contributed by atoms with Gasteiger partial charge in [0.05, 0.1) is 33.5 Å². The highest BCUT2D eigenvalue weighted by atomic mass is 16.3. The zero-order valence-electron chi connectivity index (χ0n) is 31.2. The highest BCUT2D eigenvalue weighted by molar-refractivity contribution is 6.26. The van der Waals surface area contributed by atoms with Gasteiger partial charge in [0, 0.05) is 60.6 Å². The Kier molecular flexibility index (Phi) is 6.46. The number of furan rings is 2. The topological polar surface area (TPSA) is 61.4 Å². The number of hydrogen-bond acceptors (Lipinski definition) is 4. The average Bonchev–Trinajstić information content (AvgIpc) is 4.04. The smallest absolute Gasteiger partial charge is 0.144 e. The maximum Gasteiger partial charge on any atom is 0.144 e. The summed E-state index contributed by atoms with van der Waals surface area (Å²) >= 11 is 0. The van der Waals surface area contributed by atoms with E-state index in [1.807, 2.05) is 24.3 Å². The van der Waals surface area contributed by atoms with Crippen LogP contribution in [-0.4, -0.2) is 20.0 Å². The molecule has 1 aliphatic rings. The molecule has 0 bridgehead atoms. The van der Waals surface area contributed by atoms with Crippen molar-refractivity contribution < 1.29 is 8.83 Å². The molecule has 13 rings (SSSR count). The molecule has 6 nitrogen and oxygen atoms in total. The molecular weight excluding hydrogens is 713 g/mol. The lowest BCUT2D eigenvalue weighted by atomic mass is 10.0. The highest BCUT2D eigenvalue weighted by Gasteiger charge is 2.25. The predicted octanol–water partition coefficient (Wildman–Crippen LogP) is 13.8. The molecule has 7 aromatic carbocycles. The lowest BCUT2D eigenvalue weighted by molar-refractivity contribution is 0.667. The third-order valence-corrected chi connectivity index (χ3v) is 12.0. The first-order valence-electron chi connectivity index (χ1n) is 19.8. The van der Waals surface area contributed by atoms with Gasteiger partial charge in [0.1, 0.15) is 34.0 Å². The summed E-state index contributed by atoms with van der Waals surface area (Å²) in [5.41, 5.74) is 11.7. The van der Waals surface area contributed by atoms with Gasteiger partial charge in [-0.3, -0.25) is 9.13 Å². The van der Waals surface area contributed by atoms with Gasteiger partial charge in [-0.05, 0) is 55.0 Å². The number of pyridine rings is 1. The highest BCUT2D eigenvalue weighted by Crippen LogP contribution is 2.43. The van der Waals surface area contributed by atoms with Gasteiger partial charge in [-0.1, -0.05) is 121 Å². The first-order chi connectivity index (χ1) is 28.8. The second-order valence-electron chi connectivity index (χ2n) is 15.2. The first kappa shape index (κ1) is 31.5. The largest absolute Gasteiger partial charge is 0.455 e. The second kappa shape index (κ2) is 11.9. The monoisotopic (exact) mass is 744 g/mol. The average molecular weight is 745 g/mol. The molecule has 6 heteroatoms. The van der Waals surface area contributed by atoms with Gasteiger partial charge in [-0.15, -0.1) is 0 Å². The fraction of sp³-hybridized carbons (Fsp3) is 0.0385. The van der Waals surface area contributed by atoms with Crippen LogP contribution in [0.5, 0.6) is 0 Å². The van der Waals surface area contributed by atoms with Crippen molar-refractivity contribution in [2.75, 3.05) is 0 Å². The van der Waals surface area contributed by atoms with Gasteiger partial charge in [-0.2, -0.15) is 0 Å². The Morgan fingerprint density at radius 1 is 0.431 bits per heavy atom. The fourth-order valence-corrected chi connectivity index (χ4v) is 9.51. The molecule has 272 valence electrons. The molecule has 12 aromatic rings. The predicted molar refractivity (Wildman–Crippen MR) is 238 cm³/mol. The Hall–Kier alpha value is -7.70. The molecule has 0 fully saturated rings. The molecule has 5 aromatic heterocycles. The molecular formula is C52H32N4O2. The van der Waals surface area contributed by atoms with E-state index in [2.05, 4.69) is 155 Å². The molecule has 58 heavy (non-hydrogen) atoms. The second-order valence-corrected chi connectivity index (χ2v) is 15.2. The minimum Gasteiger partial charge on any atom is -0.455 e. The van der Waals surface area contributed by atoms with Gasteiger partial charge >= 0.3 is 0 Å². The molecule has 0 saturated heterocycles. The Bertz CT molecular complexity index is 3760. The summed E-state index contributed by atoms with van der Waals surface area (Å²) in [5, 5.41) is 9.10. The van der Waals surface area contributed by atoms with E-state index in [-0.39, 0.29) is 0 Å². The number of hydrogen-bond donors (Lipinski definition) is 0. The summed E-state index contributed by atoms with van der Waals surface area (Å²) in [7, 11) is 0. The number of aromatic nitrogens is 3. The van der Waals surface area contributed by atoms with E-state index in [1.165, 1.54) is 16.2 Å². The summed E-state index contributed by atoms with van der Waals surface area (Å²) < 4.78 is 17.8. The summed E-state index contributed by atoms with van der Waals surface area (Å²) in [5.74, 6) is 1.84. The number of para-hydroxylation sites is 6. The van der Waals surface area contributed by atoms with Crippen molar-refractivity contribution in [1.29, 1.82) is 0 Å². The van der Waals surface area contributed by atoms with Crippen LogP contribution in [0.3, 0.4) is 0 Å². The number of nitrogens with zero attached hydrogens (tertiary/aromatic N) is 4. The Labute approximate surface area is 331 Å². The minimum absolute atomic E-state index is 0.791. The molecule has 0 spiro atoms. The Balaban J connectivity index is 1.08. The maximum absolute atomic E-state index is 6.51. The van der Waals surface area contributed by atoms with Crippen LogP contribution < -0.4 is 0 Å². The van der Waals surface area contributed by atoms with Crippen LogP contribution in [-0.2, 0) is 0 Å². The van der Waals surface area contributed by atoms with Crippen molar-refractivity contribution in [2.45, 2.75) is 12.8 Å². The quantitative estimate of drug-likeness (QED) is 0.181. The number of benzene rings is 7. The van der Waals surface area contributed by atoms with Gasteiger partial charge in [-0.25, -0.2) is 9.98 Å². The molecule has 1 aliphatic heterocycles. The zero-order chi connectivity index (χ0) is 37.9. The zero-order valence-corrected chi connectivity index (χ0v) is 31.2. The van der Waals surface area contributed by atoms with Gasteiger partial charge < -0.3 is 8.83 Å². The lowest BCUT2D eigenvalue weighted by Crippen LogP contribution is -2.14. The molecule has 0 aliphatic carbocycles. The molecule has 0 radical (unpaired) electrons. The normalized spacial score (nSPS) is 13.6. The van der Waals surface area contributed by atoms with E-state index in [0.29, 0.717) is 0 Å². The van der Waals surface area contributed by atoms with Crippen molar-refractivity contribution in [3.05, 3.63) is 175 Å². The van der Waals surface area contributed by atoms with E-state index < -0.39 is 0 Å². The van der Waals surface area contributed by atoms with Crippen molar-refractivity contribution in [3.8, 4) is 17.1 Å².